The highest BCUT2D eigenvalue weighted by molar-refractivity contribution is 5.63. The number of anilines is 4. The highest BCUT2D eigenvalue weighted by Gasteiger charge is 2.35. The Bertz CT molecular complexity index is 1030. The molecule has 0 saturated carbocycles. The molecule has 0 radical (unpaired) electrons. The van der Waals surface area contributed by atoms with Crippen molar-refractivity contribution in [2.24, 2.45) is 0 Å². The first kappa shape index (κ1) is 25.5. The molecule has 7 heteroatoms. The third-order valence-corrected chi connectivity index (χ3v) is 5.63. The number of nitrogens with zero attached hydrogens (tertiary/aromatic N) is 2. The minimum atomic E-state index is -4.57. The highest BCUT2D eigenvalue weighted by atomic mass is 19.4. The molecule has 2 N–H and O–H groups in total. The van der Waals surface area contributed by atoms with Gasteiger partial charge < -0.3 is 10.6 Å². The Balaban J connectivity index is 1.75. The van der Waals surface area contributed by atoms with Crippen LogP contribution in [0.25, 0.3) is 0 Å². The van der Waals surface area contributed by atoms with E-state index in [-0.39, 0.29) is 11.8 Å². The van der Waals surface area contributed by atoms with Gasteiger partial charge in [-0.05, 0) is 61.1 Å². The molecule has 1 aromatic heterocycles. The average molecular weight is 471 g/mol. The number of hydrogen-bond donors (Lipinski definition) is 2. The van der Waals surface area contributed by atoms with E-state index in [1.165, 1.54) is 24.8 Å². The molecule has 0 amide bonds. The summed E-state index contributed by atoms with van der Waals surface area (Å²) in [5, 5.41) is 5.88. The first-order valence-corrected chi connectivity index (χ1v) is 12.0. The van der Waals surface area contributed by atoms with E-state index in [0.717, 1.165) is 49.6 Å². The third kappa shape index (κ3) is 7.75. The van der Waals surface area contributed by atoms with Crippen LogP contribution >= 0.6 is 0 Å². The van der Waals surface area contributed by atoms with Crippen molar-refractivity contribution in [1.29, 1.82) is 0 Å². The lowest BCUT2D eigenvalue weighted by atomic mass is 10.1. The van der Waals surface area contributed by atoms with Crippen LogP contribution < -0.4 is 10.6 Å². The van der Waals surface area contributed by atoms with Crippen molar-refractivity contribution >= 4 is 23.1 Å². The number of aryl methyl sites for hydroxylation is 2. The Morgan fingerprint density at radius 2 is 1.50 bits per heavy atom. The van der Waals surface area contributed by atoms with Crippen LogP contribution in [-0.2, 0) is 19.0 Å². The van der Waals surface area contributed by atoms with Gasteiger partial charge in [-0.15, -0.1) is 0 Å². The minimum Gasteiger partial charge on any atom is -0.340 e. The molecule has 0 unspecified atom stereocenters. The summed E-state index contributed by atoms with van der Waals surface area (Å²) in [6, 6.07) is 15.3. The van der Waals surface area contributed by atoms with E-state index < -0.39 is 11.7 Å². The number of benzene rings is 2. The molecule has 34 heavy (non-hydrogen) atoms. The molecule has 182 valence electrons. The van der Waals surface area contributed by atoms with Crippen molar-refractivity contribution in [2.75, 3.05) is 10.6 Å². The lowest BCUT2D eigenvalue weighted by Gasteiger charge is -2.15. The summed E-state index contributed by atoms with van der Waals surface area (Å²) in [7, 11) is 0. The number of rotatable bonds is 12. The van der Waals surface area contributed by atoms with Crippen LogP contribution in [-0.4, -0.2) is 9.97 Å². The lowest BCUT2D eigenvalue weighted by Crippen LogP contribution is -2.12. The molecule has 0 fully saturated rings. The van der Waals surface area contributed by atoms with Gasteiger partial charge in [0.2, 0.25) is 5.95 Å². The minimum absolute atomic E-state index is 0.105. The lowest BCUT2D eigenvalue weighted by molar-refractivity contribution is -0.137. The van der Waals surface area contributed by atoms with E-state index in [1.54, 1.807) is 6.07 Å². The topological polar surface area (TPSA) is 49.8 Å². The van der Waals surface area contributed by atoms with E-state index in [1.807, 2.05) is 42.5 Å². The average Bonchev–Trinajstić information content (AvgIpc) is 2.81. The number of halogens is 3. The second-order valence-corrected chi connectivity index (χ2v) is 8.52. The van der Waals surface area contributed by atoms with Crippen LogP contribution in [0.3, 0.4) is 0 Å². The van der Waals surface area contributed by atoms with Crippen molar-refractivity contribution < 1.29 is 13.2 Å². The third-order valence-electron chi connectivity index (χ3n) is 5.63. The first-order valence-electron chi connectivity index (χ1n) is 12.0. The molecule has 0 aliphatic rings. The predicted octanol–water partition coefficient (Wildman–Crippen LogP) is 8.45. The predicted molar refractivity (Wildman–Crippen MR) is 133 cm³/mol. The number of alkyl halides is 3. The molecular formula is C27H33F3N4. The van der Waals surface area contributed by atoms with Gasteiger partial charge in [0.1, 0.15) is 11.4 Å². The Morgan fingerprint density at radius 1 is 0.765 bits per heavy atom. The van der Waals surface area contributed by atoms with Crippen LogP contribution in [0.15, 0.2) is 54.7 Å². The van der Waals surface area contributed by atoms with Gasteiger partial charge in [0.15, 0.2) is 0 Å². The molecule has 3 rings (SSSR count). The second-order valence-electron chi connectivity index (χ2n) is 8.52. The summed E-state index contributed by atoms with van der Waals surface area (Å²) in [6.45, 7) is 4.30. The van der Waals surface area contributed by atoms with E-state index in [0.29, 0.717) is 5.69 Å². The van der Waals surface area contributed by atoms with E-state index in [4.69, 9.17) is 0 Å². The fourth-order valence-electron chi connectivity index (χ4n) is 3.71. The van der Waals surface area contributed by atoms with Gasteiger partial charge in [-0.1, -0.05) is 63.8 Å². The van der Waals surface area contributed by atoms with Gasteiger partial charge in [-0.25, -0.2) is 4.98 Å². The molecule has 0 spiro atoms. The summed E-state index contributed by atoms with van der Waals surface area (Å²) in [4.78, 5) is 8.07. The Labute approximate surface area is 200 Å². The molecule has 0 saturated heterocycles. The standard InChI is InChI=1S/C27H33F3N4/c1-3-5-7-8-11-20-14-16-22(17-15-20)33-26-31-19-24(27(28,29)30)25(34-26)32-23-13-9-12-21(18-23)10-6-4-2/h9,12-19H,3-8,10-11H2,1-2H3,(H2,31,32,33,34). The molecule has 0 bridgehead atoms. The fourth-order valence-corrected chi connectivity index (χ4v) is 3.71. The van der Waals surface area contributed by atoms with E-state index in [9.17, 15) is 13.2 Å². The zero-order chi connectivity index (χ0) is 24.4. The van der Waals surface area contributed by atoms with Gasteiger partial charge in [0, 0.05) is 17.6 Å². The van der Waals surface area contributed by atoms with E-state index >= 15 is 0 Å². The zero-order valence-electron chi connectivity index (χ0n) is 19.9. The molecule has 2 aromatic carbocycles. The van der Waals surface area contributed by atoms with Crippen molar-refractivity contribution in [1.82, 2.24) is 9.97 Å². The first-order chi connectivity index (χ1) is 16.4. The molecule has 0 aliphatic heterocycles. The maximum atomic E-state index is 13.6. The molecular weight excluding hydrogens is 437 g/mol. The molecule has 0 aliphatic carbocycles. The fraction of sp³-hybridized carbons (Fsp3) is 0.407. The molecule has 0 atom stereocenters. The Kier molecular flexibility index (Phi) is 9.31. The maximum Gasteiger partial charge on any atom is 0.421 e. The van der Waals surface area contributed by atoms with E-state index in [2.05, 4.69) is 34.4 Å². The Hall–Kier alpha value is -3.09. The van der Waals surface area contributed by atoms with Crippen LogP contribution in [0, 0.1) is 0 Å². The van der Waals surface area contributed by atoms with Crippen molar-refractivity contribution in [2.45, 2.75) is 71.4 Å². The van der Waals surface area contributed by atoms with Gasteiger partial charge >= 0.3 is 6.18 Å². The largest absolute Gasteiger partial charge is 0.421 e. The van der Waals surface area contributed by atoms with Crippen molar-refractivity contribution in [3.63, 3.8) is 0 Å². The highest BCUT2D eigenvalue weighted by Crippen LogP contribution is 2.35. The van der Waals surface area contributed by atoms with Gasteiger partial charge in [-0.3, -0.25) is 0 Å². The van der Waals surface area contributed by atoms with Gasteiger partial charge in [0.05, 0.1) is 0 Å². The number of hydrogen-bond acceptors (Lipinski definition) is 4. The Morgan fingerprint density at radius 3 is 2.21 bits per heavy atom. The number of aromatic nitrogens is 2. The maximum absolute atomic E-state index is 13.6. The van der Waals surface area contributed by atoms with Crippen LogP contribution in [0.4, 0.5) is 36.3 Å². The summed E-state index contributed by atoms with van der Waals surface area (Å²) < 4.78 is 40.8. The second kappa shape index (κ2) is 12.4. The quantitative estimate of drug-likeness (QED) is 0.261. The van der Waals surface area contributed by atoms with Crippen LogP contribution in [0.5, 0.6) is 0 Å². The van der Waals surface area contributed by atoms with Gasteiger partial charge in [0.25, 0.3) is 0 Å². The van der Waals surface area contributed by atoms with Crippen LogP contribution in [0.2, 0.25) is 0 Å². The number of unbranched alkanes of at least 4 members (excludes halogenated alkanes) is 4. The van der Waals surface area contributed by atoms with Gasteiger partial charge in [-0.2, -0.15) is 18.2 Å². The normalized spacial score (nSPS) is 11.4. The SMILES string of the molecule is CCCCCCc1ccc(Nc2ncc(C(F)(F)F)c(Nc3cccc(CCCC)c3)n2)cc1. The summed E-state index contributed by atoms with van der Waals surface area (Å²) in [5.41, 5.74) is 2.70. The summed E-state index contributed by atoms with van der Waals surface area (Å²) in [6.07, 6.45) is 5.03. The van der Waals surface area contributed by atoms with Crippen LogP contribution in [0.1, 0.15) is 69.1 Å². The van der Waals surface area contributed by atoms with Crippen molar-refractivity contribution in [3.05, 3.63) is 71.4 Å². The monoisotopic (exact) mass is 470 g/mol. The molecule has 3 aromatic rings. The number of nitrogens with one attached hydrogen (secondary N) is 2. The molecule has 4 nitrogen and oxygen atoms in total. The summed E-state index contributed by atoms with van der Waals surface area (Å²) in [5.74, 6) is -0.168. The van der Waals surface area contributed by atoms with Crippen molar-refractivity contribution in [3.8, 4) is 0 Å². The zero-order valence-corrected chi connectivity index (χ0v) is 19.9. The molecule has 1 heterocycles. The summed E-state index contributed by atoms with van der Waals surface area (Å²) >= 11 is 0. The smallest absolute Gasteiger partial charge is 0.340 e.